The third-order valence-electron chi connectivity index (χ3n) is 4.84. The number of alkyl halides is 3. The zero-order valence-corrected chi connectivity index (χ0v) is 20.2. The Hall–Kier alpha value is -3.52. The summed E-state index contributed by atoms with van der Waals surface area (Å²) in [5, 5.41) is 21.3. The molecule has 0 aliphatic heterocycles. The van der Waals surface area contributed by atoms with E-state index in [1.54, 1.807) is 6.07 Å². The number of nitrogens with zero attached hydrogens (tertiary/aromatic N) is 2. The maximum Gasteiger partial charge on any atom is 0.416 e. The lowest BCUT2D eigenvalue weighted by molar-refractivity contribution is -0.386. The molecule has 0 spiro atoms. The van der Waals surface area contributed by atoms with Crippen LogP contribution in [0.1, 0.15) is 18.1 Å². The lowest BCUT2D eigenvalue weighted by atomic mass is 9.91. The lowest BCUT2D eigenvalue weighted by Crippen LogP contribution is -2.39. The van der Waals surface area contributed by atoms with Crippen LogP contribution in [0, 0.1) is 21.4 Å². The molecule has 0 fully saturated rings. The number of ketones is 1. The normalized spacial score (nSPS) is 12.8. The molecule has 0 heterocycles. The first-order chi connectivity index (χ1) is 16.8. The second kappa shape index (κ2) is 10.2. The monoisotopic (exact) mass is 558 g/mol. The number of benzene rings is 3. The SMILES string of the molecule is CC(=O)C(C#N)(Oc1cc(Oc2ccc(C(F)(F)F)cc2Cl)ccc1[N+](=O)[O-])c1ccc(Cl)cc1Cl. The molecule has 0 saturated carbocycles. The minimum Gasteiger partial charge on any atom is -0.456 e. The van der Waals surface area contributed by atoms with Crippen LogP contribution in [0.4, 0.5) is 18.9 Å². The first-order valence-corrected chi connectivity index (χ1v) is 10.8. The molecular weight excluding hydrogens is 548 g/mol. The highest BCUT2D eigenvalue weighted by atomic mass is 35.5. The van der Waals surface area contributed by atoms with Gasteiger partial charge in [0, 0.05) is 29.6 Å². The molecule has 1 atom stereocenters. The van der Waals surface area contributed by atoms with Gasteiger partial charge in [0.1, 0.15) is 17.6 Å². The molecule has 0 bridgehead atoms. The second-order valence-electron chi connectivity index (χ2n) is 7.21. The molecule has 1 unspecified atom stereocenters. The van der Waals surface area contributed by atoms with Crippen LogP contribution in [-0.4, -0.2) is 10.7 Å². The fraction of sp³-hybridized carbons (Fsp3) is 0.130. The molecule has 0 aliphatic rings. The van der Waals surface area contributed by atoms with Crippen LogP contribution in [0.3, 0.4) is 0 Å². The molecule has 13 heteroatoms. The molecule has 3 rings (SSSR count). The Labute approximate surface area is 216 Å². The Morgan fingerprint density at radius 2 is 1.69 bits per heavy atom. The summed E-state index contributed by atoms with van der Waals surface area (Å²) >= 11 is 18.0. The Morgan fingerprint density at radius 3 is 2.22 bits per heavy atom. The van der Waals surface area contributed by atoms with Gasteiger partial charge in [0.2, 0.25) is 5.75 Å². The molecule has 0 saturated heterocycles. The van der Waals surface area contributed by atoms with Crippen LogP contribution < -0.4 is 9.47 Å². The van der Waals surface area contributed by atoms with Crippen LogP contribution in [0.15, 0.2) is 54.6 Å². The van der Waals surface area contributed by atoms with E-state index in [0.29, 0.717) is 6.07 Å². The van der Waals surface area contributed by atoms with Gasteiger partial charge in [-0.2, -0.15) is 18.4 Å². The third-order valence-corrected chi connectivity index (χ3v) is 5.68. The molecule has 36 heavy (non-hydrogen) atoms. The summed E-state index contributed by atoms with van der Waals surface area (Å²) in [7, 11) is 0. The van der Waals surface area contributed by atoms with Crippen molar-refractivity contribution >= 4 is 46.3 Å². The summed E-state index contributed by atoms with van der Waals surface area (Å²) in [4.78, 5) is 23.4. The van der Waals surface area contributed by atoms with Crippen molar-refractivity contribution in [3.8, 4) is 23.3 Å². The molecule has 0 amide bonds. The van der Waals surface area contributed by atoms with E-state index in [1.165, 1.54) is 18.2 Å². The number of hydrogen-bond acceptors (Lipinski definition) is 6. The minimum atomic E-state index is -4.63. The number of carbonyl (C=O) groups excluding carboxylic acids is 1. The molecule has 3 aromatic carbocycles. The second-order valence-corrected chi connectivity index (χ2v) is 8.46. The van der Waals surface area contributed by atoms with E-state index in [2.05, 4.69) is 0 Å². The van der Waals surface area contributed by atoms with Crippen molar-refractivity contribution in [1.82, 2.24) is 0 Å². The van der Waals surface area contributed by atoms with E-state index >= 15 is 0 Å². The van der Waals surface area contributed by atoms with E-state index in [0.717, 1.165) is 37.3 Å². The van der Waals surface area contributed by atoms with Crippen molar-refractivity contribution in [3.05, 3.63) is 90.9 Å². The Morgan fingerprint density at radius 1 is 1.00 bits per heavy atom. The first-order valence-electron chi connectivity index (χ1n) is 9.68. The van der Waals surface area contributed by atoms with Gasteiger partial charge in [-0.1, -0.05) is 40.9 Å². The van der Waals surface area contributed by atoms with E-state index in [9.17, 15) is 33.3 Å². The number of nitriles is 1. The fourth-order valence-corrected chi connectivity index (χ4v) is 3.86. The third kappa shape index (κ3) is 5.49. The van der Waals surface area contributed by atoms with Gasteiger partial charge < -0.3 is 9.47 Å². The van der Waals surface area contributed by atoms with Crippen LogP contribution in [0.2, 0.25) is 15.1 Å². The number of nitro groups is 1. The maximum atomic E-state index is 12.9. The van der Waals surface area contributed by atoms with Crippen LogP contribution in [0.5, 0.6) is 17.2 Å². The highest BCUT2D eigenvalue weighted by molar-refractivity contribution is 6.35. The van der Waals surface area contributed by atoms with Gasteiger partial charge in [0.25, 0.3) is 5.60 Å². The van der Waals surface area contributed by atoms with Crippen molar-refractivity contribution in [2.75, 3.05) is 0 Å². The predicted molar refractivity (Wildman–Crippen MR) is 125 cm³/mol. The van der Waals surface area contributed by atoms with Crippen molar-refractivity contribution in [2.45, 2.75) is 18.7 Å². The van der Waals surface area contributed by atoms with E-state index < -0.39 is 39.5 Å². The standard InChI is InChI=1S/C23H12Cl3F3N2O5/c1-12(32)22(11-30,16-5-3-14(24)9-17(16)25)36-21-10-15(4-6-19(21)31(33)34)35-20-7-2-13(8-18(20)26)23(27,28)29/h2-10H,1H3. The maximum absolute atomic E-state index is 12.9. The largest absolute Gasteiger partial charge is 0.456 e. The molecule has 186 valence electrons. The van der Waals surface area contributed by atoms with E-state index in [1.807, 2.05) is 0 Å². The highest BCUT2D eigenvalue weighted by Gasteiger charge is 2.44. The Kier molecular flexibility index (Phi) is 7.69. The van der Waals surface area contributed by atoms with Crippen molar-refractivity contribution in [1.29, 1.82) is 5.26 Å². The van der Waals surface area contributed by atoms with Gasteiger partial charge >= 0.3 is 11.9 Å². The van der Waals surface area contributed by atoms with Gasteiger partial charge in [0.05, 0.1) is 20.5 Å². The lowest BCUT2D eigenvalue weighted by Gasteiger charge is -2.26. The number of Topliss-reactive ketones (excluding diaryl/α,β-unsaturated/α-hetero) is 1. The Balaban J connectivity index is 2.08. The predicted octanol–water partition coefficient (Wildman–Crippen LogP) is 7.75. The number of halogens is 6. The highest BCUT2D eigenvalue weighted by Crippen LogP contribution is 2.42. The summed E-state index contributed by atoms with van der Waals surface area (Å²) in [6.07, 6.45) is -4.63. The minimum absolute atomic E-state index is 0.106. The number of rotatable bonds is 7. The summed E-state index contributed by atoms with van der Waals surface area (Å²) < 4.78 is 49.8. The average molecular weight is 560 g/mol. The van der Waals surface area contributed by atoms with Crippen molar-refractivity contribution in [2.24, 2.45) is 0 Å². The van der Waals surface area contributed by atoms with Crippen molar-refractivity contribution < 1.29 is 32.4 Å². The van der Waals surface area contributed by atoms with E-state index in [-0.39, 0.29) is 32.1 Å². The van der Waals surface area contributed by atoms with Gasteiger partial charge in [0.15, 0.2) is 5.78 Å². The van der Waals surface area contributed by atoms with Gasteiger partial charge in [-0.05, 0) is 36.4 Å². The molecule has 0 aromatic heterocycles. The van der Waals surface area contributed by atoms with Crippen LogP contribution in [-0.2, 0) is 16.6 Å². The first kappa shape index (κ1) is 27.1. The molecule has 0 aliphatic carbocycles. The summed E-state index contributed by atoms with van der Waals surface area (Å²) in [6, 6.07) is 11.0. The fourth-order valence-electron chi connectivity index (χ4n) is 3.10. The molecule has 3 aromatic rings. The van der Waals surface area contributed by atoms with Crippen LogP contribution >= 0.6 is 34.8 Å². The van der Waals surface area contributed by atoms with E-state index in [4.69, 9.17) is 44.3 Å². The summed E-state index contributed by atoms with van der Waals surface area (Å²) in [5.74, 6) is -1.73. The smallest absolute Gasteiger partial charge is 0.416 e. The zero-order chi connectivity index (χ0) is 26.8. The summed E-state index contributed by atoms with van der Waals surface area (Å²) in [6.45, 7) is 1.03. The van der Waals surface area contributed by atoms with Crippen LogP contribution in [0.25, 0.3) is 0 Å². The van der Waals surface area contributed by atoms with Gasteiger partial charge in [-0.15, -0.1) is 0 Å². The quantitative estimate of drug-likeness (QED) is 0.217. The van der Waals surface area contributed by atoms with Gasteiger partial charge in [-0.25, -0.2) is 0 Å². The topological polar surface area (TPSA) is 102 Å². The number of nitro benzene ring substituents is 1. The molecule has 0 N–H and O–H groups in total. The molecule has 7 nitrogen and oxygen atoms in total. The number of hydrogen-bond donors (Lipinski definition) is 0. The molecular formula is C23H12Cl3F3N2O5. The summed E-state index contributed by atoms with van der Waals surface area (Å²) in [5.41, 5.74) is -4.16. The number of carbonyl (C=O) groups is 1. The number of ether oxygens (including phenoxy) is 2. The molecule has 0 radical (unpaired) electrons. The van der Waals surface area contributed by atoms with Gasteiger partial charge in [-0.3, -0.25) is 14.9 Å². The average Bonchev–Trinajstić information content (AvgIpc) is 2.78. The zero-order valence-electron chi connectivity index (χ0n) is 17.9. The Bertz CT molecular complexity index is 1410. The van der Waals surface area contributed by atoms with Crippen molar-refractivity contribution in [3.63, 3.8) is 0 Å².